The molecule has 0 spiro atoms. The third kappa shape index (κ3) is 2.65. The smallest absolute Gasteiger partial charge is 0.334 e. The molecule has 2 heterocycles. The zero-order valence-corrected chi connectivity index (χ0v) is 12.9. The van der Waals surface area contributed by atoms with Crippen LogP contribution in [0.25, 0.3) is 33.9 Å². The molecule has 0 saturated heterocycles. The molecule has 8 heteroatoms. The Hall–Kier alpha value is -3.16. The maximum absolute atomic E-state index is 13.1. The fraction of sp³-hybridized carbons (Fsp3) is 0.118. The van der Waals surface area contributed by atoms with Gasteiger partial charge in [-0.1, -0.05) is 17.3 Å². The monoisotopic (exact) mass is 344 g/mol. The van der Waals surface area contributed by atoms with Crippen molar-refractivity contribution in [3.8, 4) is 22.8 Å². The van der Waals surface area contributed by atoms with Crippen molar-refractivity contribution in [3.63, 3.8) is 0 Å². The Balaban J connectivity index is 1.78. The number of alkyl halides is 3. The molecule has 0 radical (unpaired) electrons. The molecule has 0 saturated carbocycles. The fourth-order valence-corrected chi connectivity index (χ4v) is 2.64. The van der Waals surface area contributed by atoms with E-state index in [1.807, 2.05) is 17.7 Å². The average molecular weight is 344 g/mol. The summed E-state index contributed by atoms with van der Waals surface area (Å²) in [7, 11) is 1.87. The average Bonchev–Trinajstić information content (AvgIpc) is 3.21. The van der Waals surface area contributed by atoms with Gasteiger partial charge in [0.2, 0.25) is 5.82 Å². The van der Waals surface area contributed by atoms with Crippen molar-refractivity contribution < 1.29 is 17.7 Å². The Morgan fingerprint density at radius 3 is 2.68 bits per heavy atom. The molecule has 0 aliphatic heterocycles. The Kier molecular flexibility index (Phi) is 3.34. The summed E-state index contributed by atoms with van der Waals surface area (Å²) >= 11 is 0. The van der Waals surface area contributed by atoms with Gasteiger partial charge in [0.05, 0.1) is 28.5 Å². The topological polar surface area (TPSA) is 56.7 Å². The third-order valence-electron chi connectivity index (χ3n) is 3.87. The van der Waals surface area contributed by atoms with Crippen molar-refractivity contribution in [1.82, 2.24) is 19.7 Å². The van der Waals surface area contributed by atoms with Gasteiger partial charge in [0.1, 0.15) is 0 Å². The molecule has 0 fully saturated rings. The van der Waals surface area contributed by atoms with Crippen molar-refractivity contribution in [3.05, 3.63) is 54.4 Å². The van der Waals surface area contributed by atoms with Crippen molar-refractivity contribution in [2.24, 2.45) is 7.05 Å². The number of hydrogen-bond donors (Lipinski definition) is 0. The molecule has 4 aromatic rings. The van der Waals surface area contributed by atoms with E-state index in [1.165, 1.54) is 18.2 Å². The van der Waals surface area contributed by atoms with E-state index >= 15 is 0 Å². The van der Waals surface area contributed by atoms with E-state index in [0.717, 1.165) is 17.1 Å². The predicted octanol–water partition coefficient (Wildman–Crippen LogP) is 4.31. The highest BCUT2D eigenvalue weighted by atomic mass is 19.4. The van der Waals surface area contributed by atoms with E-state index in [-0.39, 0.29) is 17.3 Å². The third-order valence-corrected chi connectivity index (χ3v) is 3.87. The summed E-state index contributed by atoms with van der Waals surface area (Å²) in [5, 5.41) is 3.81. The van der Waals surface area contributed by atoms with Crippen LogP contribution in [0.4, 0.5) is 13.2 Å². The lowest BCUT2D eigenvalue weighted by atomic mass is 10.1. The Bertz CT molecular complexity index is 1070. The van der Waals surface area contributed by atoms with Gasteiger partial charge in [-0.05, 0) is 30.3 Å². The van der Waals surface area contributed by atoms with E-state index in [0.29, 0.717) is 5.56 Å². The normalized spacial score (nSPS) is 12.0. The molecule has 0 unspecified atom stereocenters. The molecule has 4 rings (SSSR count). The lowest BCUT2D eigenvalue weighted by molar-refractivity contribution is -0.137. The minimum Gasteiger partial charge on any atom is -0.334 e. The van der Waals surface area contributed by atoms with Gasteiger partial charge in [-0.15, -0.1) is 0 Å². The van der Waals surface area contributed by atoms with E-state index in [4.69, 9.17) is 4.52 Å². The quantitative estimate of drug-likeness (QED) is 0.544. The first-order valence-electron chi connectivity index (χ1n) is 7.35. The first kappa shape index (κ1) is 15.4. The lowest BCUT2D eigenvalue weighted by Gasteiger charge is -2.09. The van der Waals surface area contributed by atoms with Crippen LogP contribution in [0.5, 0.6) is 0 Å². The number of nitrogens with zero attached hydrogens (tertiary/aromatic N) is 4. The van der Waals surface area contributed by atoms with E-state index in [1.54, 1.807) is 18.5 Å². The maximum Gasteiger partial charge on any atom is 0.417 e. The number of rotatable bonds is 2. The maximum atomic E-state index is 13.1. The summed E-state index contributed by atoms with van der Waals surface area (Å²) in [6.45, 7) is 0. The zero-order chi connectivity index (χ0) is 17.6. The molecule has 0 bridgehead atoms. The largest absolute Gasteiger partial charge is 0.417 e. The van der Waals surface area contributed by atoms with Crippen molar-refractivity contribution >= 4 is 11.0 Å². The van der Waals surface area contributed by atoms with Crippen molar-refractivity contribution in [1.29, 1.82) is 0 Å². The van der Waals surface area contributed by atoms with Crippen LogP contribution in [-0.2, 0) is 13.2 Å². The number of aryl methyl sites for hydroxylation is 1. The second kappa shape index (κ2) is 5.44. The van der Waals surface area contributed by atoms with Crippen LogP contribution in [0.3, 0.4) is 0 Å². The second-order valence-electron chi connectivity index (χ2n) is 5.53. The Morgan fingerprint density at radius 2 is 1.88 bits per heavy atom. The standard InChI is InChI=1S/C17H11F3N4O/c1-24-9-21-13-8-10(6-7-14(13)24)15-22-16(25-23-15)11-4-2-3-5-12(11)17(18,19)20/h2-9H,1H3. The number of imidazole rings is 1. The highest BCUT2D eigenvalue weighted by Gasteiger charge is 2.34. The highest BCUT2D eigenvalue weighted by molar-refractivity contribution is 5.80. The van der Waals surface area contributed by atoms with Gasteiger partial charge in [-0.25, -0.2) is 4.98 Å². The summed E-state index contributed by atoms with van der Waals surface area (Å²) in [5.41, 5.74) is 1.32. The number of fused-ring (bicyclic) bond motifs is 1. The number of halogens is 3. The van der Waals surface area contributed by atoms with Crippen LogP contribution in [0.2, 0.25) is 0 Å². The summed E-state index contributed by atoms with van der Waals surface area (Å²) in [6, 6.07) is 10.5. The molecule has 5 nitrogen and oxygen atoms in total. The first-order chi connectivity index (χ1) is 11.9. The molecule has 126 valence electrons. The highest BCUT2D eigenvalue weighted by Crippen LogP contribution is 2.36. The molecular weight excluding hydrogens is 333 g/mol. The van der Waals surface area contributed by atoms with Crippen molar-refractivity contribution in [2.45, 2.75) is 6.18 Å². The van der Waals surface area contributed by atoms with Gasteiger partial charge < -0.3 is 9.09 Å². The molecule has 0 atom stereocenters. The Labute approximate surface area is 139 Å². The van der Waals surface area contributed by atoms with Crippen LogP contribution in [0, 0.1) is 0 Å². The second-order valence-corrected chi connectivity index (χ2v) is 5.53. The summed E-state index contributed by atoms with van der Waals surface area (Å²) < 4.78 is 46.4. The van der Waals surface area contributed by atoms with Gasteiger partial charge in [-0.3, -0.25) is 0 Å². The van der Waals surface area contributed by atoms with Gasteiger partial charge in [0.15, 0.2) is 0 Å². The van der Waals surface area contributed by atoms with Crippen LogP contribution in [-0.4, -0.2) is 19.7 Å². The molecular formula is C17H11F3N4O. The van der Waals surface area contributed by atoms with Crippen LogP contribution >= 0.6 is 0 Å². The minimum atomic E-state index is -4.50. The number of hydrogen-bond acceptors (Lipinski definition) is 4. The minimum absolute atomic E-state index is 0.146. The molecule has 25 heavy (non-hydrogen) atoms. The van der Waals surface area contributed by atoms with Crippen LogP contribution < -0.4 is 0 Å². The van der Waals surface area contributed by atoms with Gasteiger partial charge in [0.25, 0.3) is 5.89 Å². The molecule has 2 aromatic heterocycles. The molecule has 0 amide bonds. The fourth-order valence-electron chi connectivity index (χ4n) is 2.64. The number of benzene rings is 2. The van der Waals surface area contributed by atoms with Crippen LogP contribution in [0.1, 0.15) is 5.56 Å². The van der Waals surface area contributed by atoms with E-state index in [2.05, 4.69) is 15.1 Å². The molecule has 0 aliphatic rings. The zero-order valence-electron chi connectivity index (χ0n) is 12.9. The summed E-state index contributed by atoms with van der Waals surface area (Å²) in [5.74, 6) is 0.0311. The van der Waals surface area contributed by atoms with Crippen LogP contribution in [0.15, 0.2) is 53.3 Å². The predicted molar refractivity (Wildman–Crippen MR) is 84.4 cm³/mol. The molecule has 0 aliphatic carbocycles. The van der Waals surface area contributed by atoms with E-state index < -0.39 is 11.7 Å². The lowest BCUT2D eigenvalue weighted by Crippen LogP contribution is -2.06. The number of aromatic nitrogens is 4. The molecule has 0 N–H and O–H groups in total. The van der Waals surface area contributed by atoms with Gasteiger partial charge in [-0.2, -0.15) is 18.2 Å². The SMILES string of the molecule is Cn1cnc2cc(-c3noc(-c4ccccc4C(F)(F)F)n3)ccc21. The van der Waals surface area contributed by atoms with Gasteiger partial charge >= 0.3 is 6.18 Å². The van der Waals surface area contributed by atoms with Gasteiger partial charge in [0, 0.05) is 12.6 Å². The van der Waals surface area contributed by atoms with Crippen molar-refractivity contribution in [2.75, 3.05) is 0 Å². The summed E-state index contributed by atoms with van der Waals surface area (Å²) in [6.07, 6.45) is -2.83. The Morgan fingerprint density at radius 1 is 1.08 bits per heavy atom. The molecule has 2 aromatic carbocycles. The van der Waals surface area contributed by atoms with E-state index in [9.17, 15) is 13.2 Å². The first-order valence-corrected chi connectivity index (χ1v) is 7.35. The summed E-state index contributed by atoms with van der Waals surface area (Å²) in [4.78, 5) is 8.37.